The Morgan fingerprint density at radius 2 is 2.27 bits per heavy atom. The average Bonchev–Trinajstić information content (AvgIpc) is 1.83. The quantitative estimate of drug-likeness (QED) is 0.539. The van der Waals surface area contributed by atoms with E-state index < -0.39 is 5.60 Å². The summed E-state index contributed by atoms with van der Waals surface area (Å²) in [6.07, 6.45) is 0.462. The number of carbonyl (C=O) groups excluding carboxylic acids is 1. The lowest BCUT2D eigenvalue weighted by molar-refractivity contribution is -0.144. The zero-order valence-corrected chi connectivity index (χ0v) is 7.29. The first kappa shape index (κ1) is 8.68. The number of rotatable bonds is 0. The molecule has 2 atom stereocenters. The van der Waals surface area contributed by atoms with Crippen LogP contribution in [0, 0.1) is 0 Å². The second kappa shape index (κ2) is 2.57. The van der Waals surface area contributed by atoms with Gasteiger partial charge >= 0.3 is 0 Å². The molecule has 1 N–H and O–H groups in total. The van der Waals surface area contributed by atoms with Gasteiger partial charge in [-0.05, 0) is 20.9 Å². The smallest absolute Gasteiger partial charge is 0.166 e. The standard InChI is InChI=1S/C8H15NO2/c1-6-4-7(10)8(2,11)5-9(6)3/h6,11H,4-5H2,1-3H3. The first-order valence-corrected chi connectivity index (χ1v) is 3.89. The van der Waals surface area contributed by atoms with Crippen LogP contribution in [0.2, 0.25) is 0 Å². The Labute approximate surface area is 67.0 Å². The lowest BCUT2D eigenvalue weighted by atomic mass is 9.90. The molecular weight excluding hydrogens is 142 g/mol. The van der Waals surface area contributed by atoms with Gasteiger partial charge in [0, 0.05) is 19.0 Å². The predicted octanol–water partition coefficient (Wildman–Crippen LogP) is 0.0305. The van der Waals surface area contributed by atoms with E-state index in [1.807, 2.05) is 18.9 Å². The number of aliphatic hydroxyl groups is 1. The van der Waals surface area contributed by atoms with Gasteiger partial charge < -0.3 is 5.11 Å². The van der Waals surface area contributed by atoms with Crippen LogP contribution in [-0.2, 0) is 4.79 Å². The minimum Gasteiger partial charge on any atom is -0.381 e. The fourth-order valence-electron chi connectivity index (χ4n) is 1.37. The summed E-state index contributed by atoms with van der Waals surface area (Å²) in [5, 5.41) is 9.54. The first-order valence-electron chi connectivity index (χ1n) is 3.89. The Kier molecular flexibility index (Phi) is 2.03. The number of β-amino-alcohol motifs (C(OH)–C–C–N with tert-alkyl or cyclic N) is 1. The molecule has 64 valence electrons. The molecule has 0 aliphatic carbocycles. The van der Waals surface area contributed by atoms with Crippen molar-refractivity contribution in [1.29, 1.82) is 0 Å². The number of Topliss-reactive ketones (excluding diaryl/α,β-unsaturated/α-hetero) is 1. The summed E-state index contributed by atoms with van der Waals surface area (Å²) in [5.41, 5.74) is -1.12. The van der Waals surface area contributed by atoms with Crippen LogP contribution < -0.4 is 0 Å². The Morgan fingerprint density at radius 3 is 2.73 bits per heavy atom. The van der Waals surface area contributed by atoms with Crippen molar-refractivity contribution in [2.45, 2.75) is 31.9 Å². The second-order valence-corrected chi connectivity index (χ2v) is 3.67. The van der Waals surface area contributed by atoms with E-state index in [1.165, 1.54) is 0 Å². The van der Waals surface area contributed by atoms with Crippen molar-refractivity contribution in [2.75, 3.05) is 13.6 Å². The number of hydrogen-bond donors (Lipinski definition) is 1. The largest absolute Gasteiger partial charge is 0.381 e. The Bertz CT molecular complexity index is 177. The van der Waals surface area contributed by atoms with E-state index in [1.54, 1.807) is 6.92 Å². The Hall–Kier alpha value is -0.410. The highest BCUT2D eigenvalue weighted by atomic mass is 16.3. The van der Waals surface area contributed by atoms with Crippen LogP contribution in [0.4, 0.5) is 0 Å². The maximum atomic E-state index is 11.2. The van der Waals surface area contributed by atoms with Crippen LogP contribution in [0.3, 0.4) is 0 Å². The summed E-state index contributed by atoms with van der Waals surface area (Å²) >= 11 is 0. The average molecular weight is 157 g/mol. The van der Waals surface area contributed by atoms with E-state index in [-0.39, 0.29) is 11.8 Å². The molecule has 0 amide bonds. The summed E-state index contributed by atoms with van der Waals surface area (Å²) in [5.74, 6) is -0.0388. The summed E-state index contributed by atoms with van der Waals surface area (Å²) in [7, 11) is 1.92. The van der Waals surface area contributed by atoms with Crippen LogP contribution in [0.5, 0.6) is 0 Å². The van der Waals surface area contributed by atoms with Gasteiger partial charge in [0.1, 0.15) is 5.60 Å². The molecule has 0 aromatic heterocycles. The van der Waals surface area contributed by atoms with Crippen molar-refractivity contribution in [3.63, 3.8) is 0 Å². The molecule has 3 nitrogen and oxygen atoms in total. The van der Waals surface area contributed by atoms with E-state index in [2.05, 4.69) is 0 Å². The molecular formula is C8H15NO2. The van der Waals surface area contributed by atoms with Crippen LogP contribution in [0.15, 0.2) is 0 Å². The van der Waals surface area contributed by atoms with Crippen LogP contribution in [0.1, 0.15) is 20.3 Å². The van der Waals surface area contributed by atoms with Gasteiger partial charge in [0.05, 0.1) is 0 Å². The van der Waals surface area contributed by atoms with Crippen molar-refractivity contribution in [3.8, 4) is 0 Å². The van der Waals surface area contributed by atoms with Gasteiger partial charge in [-0.25, -0.2) is 0 Å². The summed E-state index contributed by atoms with van der Waals surface area (Å²) in [4.78, 5) is 13.2. The molecule has 0 bridgehead atoms. The number of ketones is 1. The highest BCUT2D eigenvalue weighted by Gasteiger charge is 2.37. The van der Waals surface area contributed by atoms with E-state index in [9.17, 15) is 9.90 Å². The van der Waals surface area contributed by atoms with Crippen LogP contribution in [0.25, 0.3) is 0 Å². The lowest BCUT2D eigenvalue weighted by Crippen LogP contribution is -2.54. The molecule has 1 aliphatic rings. The number of hydrogen-bond acceptors (Lipinski definition) is 3. The topological polar surface area (TPSA) is 40.5 Å². The van der Waals surface area contributed by atoms with Crippen molar-refractivity contribution in [1.82, 2.24) is 4.90 Å². The number of piperidine rings is 1. The monoisotopic (exact) mass is 157 g/mol. The third kappa shape index (κ3) is 1.60. The summed E-state index contributed by atoms with van der Waals surface area (Å²) in [6.45, 7) is 4.03. The zero-order valence-electron chi connectivity index (χ0n) is 7.29. The molecule has 1 fully saturated rings. The number of likely N-dealkylation sites (N-methyl/N-ethyl adjacent to an activating group) is 1. The molecule has 1 heterocycles. The molecule has 1 rings (SSSR count). The molecule has 11 heavy (non-hydrogen) atoms. The minimum absolute atomic E-state index is 0.0388. The number of nitrogens with zero attached hydrogens (tertiary/aromatic N) is 1. The highest BCUT2D eigenvalue weighted by molar-refractivity contribution is 5.88. The van der Waals surface area contributed by atoms with Crippen LogP contribution >= 0.6 is 0 Å². The molecule has 0 saturated carbocycles. The maximum Gasteiger partial charge on any atom is 0.166 e. The number of carbonyl (C=O) groups is 1. The Balaban J connectivity index is 2.71. The van der Waals surface area contributed by atoms with E-state index in [4.69, 9.17) is 0 Å². The van der Waals surface area contributed by atoms with E-state index in [0.717, 1.165) is 0 Å². The zero-order chi connectivity index (χ0) is 8.65. The lowest BCUT2D eigenvalue weighted by Gasteiger charge is -2.37. The molecule has 3 heteroatoms. The van der Waals surface area contributed by atoms with Crippen molar-refractivity contribution in [2.24, 2.45) is 0 Å². The normalized spacial score (nSPS) is 41.1. The summed E-state index contributed by atoms with van der Waals surface area (Å²) < 4.78 is 0. The molecule has 0 aromatic carbocycles. The molecule has 0 spiro atoms. The van der Waals surface area contributed by atoms with Crippen LogP contribution in [-0.4, -0.2) is 41.0 Å². The van der Waals surface area contributed by atoms with Crippen molar-refractivity contribution >= 4 is 5.78 Å². The third-order valence-electron chi connectivity index (χ3n) is 2.39. The fourth-order valence-corrected chi connectivity index (χ4v) is 1.37. The Morgan fingerprint density at radius 1 is 1.73 bits per heavy atom. The molecule has 0 aromatic rings. The molecule has 1 aliphatic heterocycles. The van der Waals surface area contributed by atoms with Gasteiger partial charge in [0.15, 0.2) is 5.78 Å². The van der Waals surface area contributed by atoms with E-state index >= 15 is 0 Å². The highest BCUT2D eigenvalue weighted by Crippen LogP contribution is 2.19. The first-order chi connectivity index (χ1) is 4.93. The van der Waals surface area contributed by atoms with Gasteiger partial charge in [-0.3, -0.25) is 9.69 Å². The molecule has 0 radical (unpaired) electrons. The van der Waals surface area contributed by atoms with E-state index in [0.29, 0.717) is 13.0 Å². The van der Waals surface area contributed by atoms with Crippen molar-refractivity contribution in [3.05, 3.63) is 0 Å². The van der Waals surface area contributed by atoms with Crippen molar-refractivity contribution < 1.29 is 9.90 Å². The minimum atomic E-state index is -1.12. The number of likely N-dealkylation sites (tertiary alicyclic amines) is 1. The van der Waals surface area contributed by atoms with Gasteiger partial charge in [0.2, 0.25) is 0 Å². The van der Waals surface area contributed by atoms with Gasteiger partial charge in [0.25, 0.3) is 0 Å². The third-order valence-corrected chi connectivity index (χ3v) is 2.39. The fraction of sp³-hybridized carbons (Fsp3) is 0.875. The van der Waals surface area contributed by atoms with Gasteiger partial charge in [-0.1, -0.05) is 0 Å². The SMILES string of the molecule is CC1CC(=O)C(C)(O)CN1C. The van der Waals surface area contributed by atoms with Gasteiger partial charge in [-0.2, -0.15) is 0 Å². The summed E-state index contributed by atoms with van der Waals surface area (Å²) in [6, 6.07) is 0.266. The molecule has 2 unspecified atom stereocenters. The maximum absolute atomic E-state index is 11.2. The van der Waals surface area contributed by atoms with Gasteiger partial charge in [-0.15, -0.1) is 0 Å². The molecule has 1 saturated heterocycles. The predicted molar refractivity (Wildman–Crippen MR) is 42.3 cm³/mol. The second-order valence-electron chi connectivity index (χ2n) is 3.67.